The van der Waals surface area contributed by atoms with Crippen LogP contribution in [0.25, 0.3) is 0 Å². The Labute approximate surface area is 93.6 Å². The molecule has 0 heterocycles. The normalized spacial score (nSPS) is 20.7. The van der Waals surface area contributed by atoms with Crippen molar-refractivity contribution in [1.29, 1.82) is 0 Å². The van der Waals surface area contributed by atoms with Gasteiger partial charge in [-0.05, 0) is 19.3 Å². The third-order valence-corrected chi connectivity index (χ3v) is 4.07. The van der Waals surface area contributed by atoms with Gasteiger partial charge >= 0.3 is 0 Å². The highest BCUT2D eigenvalue weighted by molar-refractivity contribution is 7.90. The molecular weight excluding hydrogens is 210 g/mol. The van der Waals surface area contributed by atoms with Crippen LogP contribution in [0.15, 0.2) is 0 Å². The van der Waals surface area contributed by atoms with Gasteiger partial charge in [-0.25, -0.2) is 8.42 Å². The molecule has 0 aromatic heterocycles. The summed E-state index contributed by atoms with van der Waals surface area (Å²) in [5.41, 5.74) is 0. The number of hydrogen-bond donors (Lipinski definition) is 1. The number of nitrogens with one attached hydrogen (secondary N) is 1. The Balaban J connectivity index is 2.10. The monoisotopic (exact) mass is 233 g/mol. The fourth-order valence-electron chi connectivity index (χ4n) is 2.32. The van der Waals surface area contributed by atoms with Crippen LogP contribution in [-0.4, -0.2) is 33.0 Å². The molecule has 1 rings (SSSR count). The lowest BCUT2D eigenvalue weighted by atomic mass is 9.99. The van der Waals surface area contributed by atoms with Crippen molar-refractivity contribution in [1.82, 2.24) is 5.32 Å². The van der Waals surface area contributed by atoms with Crippen molar-refractivity contribution in [2.75, 3.05) is 18.6 Å². The predicted molar refractivity (Wildman–Crippen MR) is 63.8 cm³/mol. The van der Waals surface area contributed by atoms with Crippen molar-refractivity contribution in [3.8, 4) is 0 Å². The largest absolute Gasteiger partial charge is 0.313 e. The Bertz CT molecular complexity index is 268. The van der Waals surface area contributed by atoms with Gasteiger partial charge in [0.25, 0.3) is 0 Å². The van der Waals surface area contributed by atoms with Crippen LogP contribution >= 0.6 is 0 Å². The summed E-state index contributed by atoms with van der Waals surface area (Å²) in [6, 6.07) is 0.454. The molecule has 1 saturated carbocycles. The summed E-state index contributed by atoms with van der Waals surface area (Å²) in [6.07, 6.45) is 7.96. The molecule has 0 bridgehead atoms. The molecule has 1 aliphatic carbocycles. The molecule has 1 fully saturated rings. The quantitative estimate of drug-likeness (QED) is 0.758. The first-order valence-electron chi connectivity index (χ1n) is 5.88. The first kappa shape index (κ1) is 13.0. The van der Waals surface area contributed by atoms with Crippen LogP contribution in [0.4, 0.5) is 0 Å². The zero-order chi connectivity index (χ0) is 11.3. The van der Waals surface area contributed by atoms with Crippen molar-refractivity contribution < 1.29 is 8.42 Å². The van der Waals surface area contributed by atoms with Gasteiger partial charge in [0.2, 0.25) is 0 Å². The summed E-state index contributed by atoms with van der Waals surface area (Å²) in [4.78, 5) is 0. The van der Waals surface area contributed by atoms with Gasteiger partial charge in [-0.3, -0.25) is 0 Å². The highest BCUT2D eigenvalue weighted by Gasteiger charge is 2.17. The average Bonchev–Trinajstić information content (AvgIpc) is 2.54. The van der Waals surface area contributed by atoms with Gasteiger partial charge in [-0.15, -0.1) is 0 Å². The lowest BCUT2D eigenvalue weighted by molar-refractivity contribution is 0.411. The van der Waals surface area contributed by atoms with Crippen LogP contribution < -0.4 is 5.32 Å². The van der Waals surface area contributed by atoms with E-state index in [1.54, 1.807) is 0 Å². The van der Waals surface area contributed by atoms with Crippen molar-refractivity contribution in [3.63, 3.8) is 0 Å². The maximum absolute atomic E-state index is 10.9. The Kier molecular flexibility index (Phi) is 5.06. The van der Waals surface area contributed by atoms with Crippen molar-refractivity contribution in [2.24, 2.45) is 5.92 Å². The summed E-state index contributed by atoms with van der Waals surface area (Å²) in [5, 5.41) is 3.29. The molecule has 90 valence electrons. The van der Waals surface area contributed by atoms with Gasteiger partial charge in [0.1, 0.15) is 9.84 Å². The molecule has 0 aromatic rings. The molecule has 4 heteroatoms. The molecule has 1 unspecified atom stereocenters. The van der Waals surface area contributed by atoms with Gasteiger partial charge in [-0.2, -0.15) is 0 Å². The first-order chi connectivity index (χ1) is 6.97. The smallest absolute Gasteiger partial charge is 0.148 e. The van der Waals surface area contributed by atoms with Gasteiger partial charge in [0.05, 0.1) is 5.75 Å². The van der Waals surface area contributed by atoms with E-state index in [1.165, 1.54) is 38.4 Å². The zero-order valence-corrected chi connectivity index (χ0v) is 10.6. The van der Waals surface area contributed by atoms with E-state index in [-0.39, 0.29) is 5.75 Å². The van der Waals surface area contributed by atoms with Crippen molar-refractivity contribution >= 4 is 9.84 Å². The van der Waals surface area contributed by atoms with Crippen LogP contribution in [0, 0.1) is 5.92 Å². The SMILES string of the molecule is CC(CC1CCCC1)NCCS(C)(=O)=O. The second kappa shape index (κ2) is 5.85. The van der Waals surface area contributed by atoms with Crippen molar-refractivity contribution in [3.05, 3.63) is 0 Å². The minimum atomic E-state index is -2.81. The van der Waals surface area contributed by atoms with Crippen LogP contribution in [-0.2, 0) is 9.84 Å². The molecule has 1 N–H and O–H groups in total. The second-order valence-electron chi connectivity index (χ2n) is 4.87. The van der Waals surface area contributed by atoms with E-state index in [1.807, 2.05) is 0 Å². The van der Waals surface area contributed by atoms with E-state index >= 15 is 0 Å². The molecule has 0 aliphatic heterocycles. The summed E-state index contributed by atoms with van der Waals surface area (Å²) >= 11 is 0. The lowest BCUT2D eigenvalue weighted by Gasteiger charge is -2.17. The Morgan fingerprint density at radius 1 is 1.33 bits per heavy atom. The summed E-state index contributed by atoms with van der Waals surface area (Å²) in [7, 11) is -2.81. The van der Waals surface area contributed by atoms with Crippen LogP contribution in [0.5, 0.6) is 0 Å². The van der Waals surface area contributed by atoms with Gasteiger partial charge in [0.15, 0.2) is 0 Å². The molecule has 0 spiro atoms. The van der Waals surface area contributed by atoms with Gasteiger partial charge in [-0.1, -0.05) is 25.7 Å². The van der Waals surface area contributed by atoms with E-state index in [9.17, 15) is 8.42 Å². The third kappa shape index (κ3) is 6.15. The summed E-state index contributed by atoms with van der Waals surface area (Å²) in [6.45, 7) is 2.74. The van der Waals surface area contributed by atoms with Crippen LogP contribution in [0.2, 0.25) is 0 Å². The van der Waals surface area contributed by atoms with E-state index in [4.69, 9.17) is 0 Å². The highest BCUT2D eigenvalue weighted by Crippen LogP contribution is 2.28. The summed E-state index contributed by atoms with van der Waals surface area (Å²) < 4.78 is 21.8. The van der Waals surface area contributed by atoms with Crippen LogP contribution in [0.3, 0.4) is 0 Å². The molecule has 0 radical (unpaired) electrons. The van der Waals surface area contributed by atoms with Crippen molar-refractivity contribution in [2.45, 2.75) is 45.1 Å². The highest BCUT2D eigenvalue weighted by atomic mass is 32.2. The van der Waals surface area contributed by atoms with E-state index in [0.29, 0.717) is 12.6 Å². The molecule has 15 heavy (non-hydrogen) atoms. The fourth-order valence-corrected chi connectivity index (χ4v) is 2.81. The topological polar surface area (TPSA) is 46.2 Å². The third-order valence-electron chi connectivity index (χ3n) is 3.13. The molecular formula is C11H23NO2S. The predicted octanol–water partition coefficient (Wildman–Crippen LogP) is 1.59. The Morgan fingerprint density at radius 3 is 2.47 bits per heavy atom. The summed E-state index contributed by atoms with van der Waals surface area (Å²) in [5.74, 6) is 1.12. The second-order valence-corrected chi connectivity index (χ2v) is 7.13. The average molecular weight is 233 g/mol. The lowest BCUT2D eigenvalue weighted by Crippen LogP contribution is -2.32. The zero-order valence-electron chi connectivity index (χ0n) is 9.83. The minimum Gasteiger partial charge on any atom is -0.313 e. The van der Waals surface area contributed by atoms with E-state index in [0.717, 1.165) is 5.92 Å². The Morgan fingerprint density at radius 2 is 1.93 bits per heavy atom. The standard InChI is InChI=1S/C11H23NO2S/c1-10(9-11-5-3-4-6-11)12-7-8-15(2,13)14/h10-12H,3-9H2,1-2H3. The Hall–Kier alpha value is -0.0900. The molecule has 3 nitrogen and oxygen atoms in total. The number of hydrogen-bond acceptors (Lipinski definition) is 3. The number of rotatable bonds is 6. The molecule has 0 aromatic carbocycles. The van der Waals surface area contributed by atoms with Gasteiger partial charge < -0.3 is 5.32 Å². The number of sulfone groups is 1. The first-order valence-corrected chi connectivity index (χ1v) is 7.94. The van der Waals surface area contributed by atoms with E-state index in [2.05, 4.69) is 12.2 Å². The van der Waals surface area contributed by atoms with Crippen LogP contribution in [0.1, 0.15) is 39.0 Å². The van der Waals surface area contributed by atoms with Gasteiger partial charge in [0, 0.05) is 18.8 Å². The fraction of sp³-hybridized carbons (Fsp3) is 1.00. The minimum absolute atomic E-state index is 0.252. The molecule has 1 aliphatic rings. The maximum Gasteiger partial charge on any atom is 0.148 e. The molecule has 0 saturated heterocycles. The molecule has 0 amide bonds. The van der Waals surface area contributed by atoms with E-state index < -0.39 is 9.84 Å². The maximum atomic E-state index is 10.9. The molecule has 1 atom stereocenters.